The number of nitro groups is 1. The molecular weight excluding hydrogens is 254 g/mol. The number of hydrogen-bond acceptors (Lipinski definition) is 4. The number of nitriles is 1. The molecule has 5 nitrogen and oxygen atoms in total. The number of nitro benzene ring substituents is 1. The first-order valence-electron chi connectivity index (χ1n) is 7.13. The average Bonchev–Trinajstić information content (AvgIpc) is 2.47. The van der Waals surface area contributed by atoms with Crippen molar-refractivity contribution in [2.45, 2.75) is 38.5 Å². The van der Waals surface area contributed by atoms with Gasteiger partial charge in [0.05, 0.1) is 4.92 Å². The molecule has 1 aromatic carbocycles. The molecule has 0 heterocycles. The Morgan fingerprint density at radius 1 is 1.35 bits per heavy atom. The molecule has 0 atom stereocenters. The van der Waals surface area contributed by atoms with Gasteiger partial charge in [0.15, 0.2) is 0 Å². The van der Waals surface area contributed by atoms with Gasteiger partial charge in [0.2, 0.25) is 0 Å². The molecule has 5 heteroatoms. The third-order valence-corrected chi connectivity index (χ3v) is 3.93. The van der Waals surface area contributed by atoms with Crippen LogP contribution < -0.4 is 5.32 Å². The SMILES string of the molecule is N#Cc1cccc(NCCC2CCCCC2)c1[N+](=O)[O-]. The summed E-state index contributed by atoms with van der Waals surface area (Å²) < 4.78 is 0. The second kappa shape index (κ2) is 6.90. The molecule has 0 aromatic heterocycles. The lowest BCUT2D eigenvalue weighted by atomic mass is 9.87. The minimum Gasteiger partial charge on any atom is -0.379 e. The molecular formula is C15H19N3O2. The Hall–Kier alpha value is -2.09. The maximum Gasteiger partial charge on any atom is 0.309 e. The summed E-state index contributed by atoms with van der Waals surface area (Å²) in [5, 5.41) is 23.1. The van der Waals surface area contributed by atoms with Gasteiger partial charge in [-0.15, -0.1) is 0 Å². The average molecular weight is 273 g/mol. The van der Waals surface area contributed by atoms with Crippen molar-refractivity contribution in [1.29, 1.82) is 5.26 Å². The van der Waals surface area contributed by atoms with Gasteiger partial charge in [0.25, 0.3) is 0 Å². The Kier molecular flexibility index (Phi) is 4.94. The molecule has 0 spiro atoms. The number of rotatable bonds is 5. The van der Waals surface area contributed by atoms with Crippen LogP contribution in [0.1, 0.15) is 44.1 Å². The first kappa shape index (κ1) is 14.3. The zero-order valence-corrected chi connectivity index (χ0v) is 11.5. The van der Waals surface area contributed by atoms with Crippen LogP contribution in [0.3, 0.4) is 0 Å². The van der Waals surface area contributed by atoms with E-state index in [4.69, 9.17) is 5.26 Å². The second-order valence-electron chi connectivity index (χ2n) is 5.29. The summed E-state index contributed by atoms with van der Waals surface area (Å²) >= 11 is 0. The fraction of sp³-hybridized carbons (Fsp3) is 0.533. The van der Waals surface area contributed by atoms with Gasteiger partial charge in [-0.1, -0.05) is 38.2 Å². The Morgan fingerprint density at radius 2 is 2.10 bits per heavy atom. The van der Waals surface area contributed by atoms with E-state index in [1.807, 2.05) is 6.07 Å². The zero-order chi connectivity index (χ0) is 14.4. The van der Waals surface area contributed by atoms with E-state index >= 15 is 0 Å². The summed E-state index contributed by atoms with van der Waals surface area (Å²) in [5.74, 6) is 0.731. The van der Waals surface area contributed by atoms with E-state index in [9.17, 15) is 10.1 Å². The fourth-order valence-corrected chi connectivity index (χ4v) is 2.86. The summed E-state index contributed by atoms with van der Waals surface area (Å²) in [6.45, 7) is 0.723. The Balaban J connectivity index is 1.98. The summed E-state index contributed by atoms with van der Waals surface area (Å²) in [4.78, 5) is 10.6. The molecule has 106 valence electrons. The van der Waals surface area contributed by atoms with E-state index in [0.29, 0.717) is 5.69 Å². The van der Waals surface area contributed by atoms with Crippen molar-refractivity contribution in [2.75, 3.05) is 11.9 Å². The predicted molar refractivity (Wildman–Crippen MR) is 77.5 cm³/mol. The minimum absolute atomic E-state index is 0.109. The van der Waals surface area contributed by atoms with Gasteiger partial charge in [0, 0.05) is 6.54 Å². The van der Waals surface area contributed by atoms with Crippen molar-refractivity contribution in [2.24, 2.45) is 5.92 Å². The maximum atomic E-state index is 11.1. The maximum absolute atomic E-state index is 11.1. The van der Waals surface area contributed by atoms with Gasteiger partial charge in [-0.05, 0) is 24.5 Å². The van der Waals surface area contributed by atoms with Crippen LogP contribution in [-0.4, -0.2) is 11.5 Å². The first-order chi connectivity index (χ1) is 9.72. The summed E-state index contributed by atoms with van der Waals surface area (Å²) in [7, 11) is 0. The quantitative estimate of drug-likeness (QED) is 0.652. The lowest BCUT2D eigenvalue weighted by Crippen LogP contribution is -2.13. The topological polar surface area (TPSA) is 79.0 Å². The van der Waals surface area contributed by atoms with Gasteiger partial charge in [-0.2, -0.15) is 5.26 Å². The molecule has 0 amide bonds. The number of anilines is 1. The Labute approximate surface area is 118 Å². The van der Waals surface area contributed by atoms with Gasteiger partial charge < -0.3 is 5.32 Å². The number of nitrogens with zero attached hydrogens (tertiary/aromatic N) is 2. The third-order valence-electron chi connectivity index (χ3n) is 3.93. The largest absolute Gasteiger partial charge is 0.379 e. The van der Waals surface area contributed by atoms with Crippen LogP contribution in [0, 0.1) is 27.4 Å². The molecule has 0 aliphatic heterocycles. The van der Waals surface area contributed by atoms with Gasteiger partial charge in [0.1, 0.15) is 17.3 Å². The van der Waals surface area contributed by atoms with Gasteiger partial charge in [-0.3, -0.25) is 10.1 Å². The first-order valence-corrected chi connectivity index (χ1v) is 7.13. The lowest BCUT2D eigenvalue weighted by molar-refractivity contribution is -0.384. The van der Waals surface area contributed by atoms with E-state index < -0.39 is 4.92 Å². The minimum atomic E-state index is -0.485. The van der Waals surface area contributed by atoms with Crippen molar-refractivity contribution >= 4 is 11.4 Å². The predicted octanol–water partition coefficient (Wildman–Crippen LogP) is 3.85. The number of hydrogen-bond donors (Lipinski definition) is 1. The Bertz CT molecular complexity index is 516. The van der Waals surface area contributed by atoms with E-state index in [-0.39, 0.29) is 11.3 Å². The highest BCUT2D eigenvalue weighted by atomic mass is 16.6. The zero-order valence-electron chi connectivity index (χ0n) is 11.5. The molecule has 1 aliphatic rings. The number of benzene rings is 1. The summed E-state index contributed by atoms with van der Waals surface area (Å²) in [6.07, 6.45) is 7.50. The van der Waals surface area contributed by atoms with E-state index in [1.165, 1.54) is 38.2 Å². The fourth-order valence-electron chi connectivity index (χ4n) is 2.86. The van der Waals surface area contributed by atoms with Crippen molar-refractivity contribution in [3.63, 3.8) is 0 Å². The normalized spacial score (nSPS) is 15.6. The highest BCUT2D eigenvalue weighted by molar-refractivity contribution is 5.68. The van der Waals surface area contributed by atoms with E-state index in [1.54, 1.807) is 12.1 Å². The number of nitrogens with one attached hydrogen (secondary N) is 1. The van der Waals surface area contributed by atoms with Crippen LogP contribution in [-0.2, 0) is 0 Å². The molecule has 0 saturated heterocycles. The molecule has 1 aliphatic carbocycles. The van der Waals surface area contributed by atoms with Crippen LogP contribution in [0.5, 0.6) is 0 Å². The summed E-state index contributed by atoms with van der Waals surface area (Å²) in [6, 6.07) is 6.69. The number of para-hydroxylation sites is 1. The summed E-state index contributed by atoms with van der Waals surface area (Å²) in [5.41, 5.74) is 0.446. The van der Waals surface area contributed by atoms with Crippen molar-refractivity contribution < 1.29 is 4.92 Å². The highest BCUT2D eigenvalue weighted by Crippen LogP contribution is 2.29. The van der Waals surface area contributed by atoms with Crippen LogP contribution >= 0.6 is 0 Å². The molecule has 2 rings (SSSR count). The van der Waals surface area contributed by atoms with Gasteiger partial charge in [-0.25, -0.2) is 0 Å². The second-order valence-corrected chi connectivity index (χ2v) is 5.29. The molecule has 1 fully saturated rings. The molecule has 1 saturated carbocycles. The smallest absolute Gasteiger partial charge is 0.309 e. The van der Waals surface area contributed by atoms with Crippen LogP contribution in [0.15, 0.2) is 18.2 Å². The van der Waals surface area contributed by atoms with Crippen molar-refractivity contribution in [1.82, 2.24) is 0 Å². The van der Waals surface area contributed by atoms with Crippen molar-refractivity contribution in [3.8, 4) is 6.07 Å². The molecule has 0 radical (unpaired) electrons. The standard InChI is InChI=1S/C15H19N3O2/c16-11-13-7-4-8-14(15(13)18(19)20)17-10-9-12-5-2-1-3-6-12/h4,7-8,12,17H,1-3,5-6,9-10H2. The molecule has 0 bridgehead atoms. The molecule has 1 N–H and O–H groups in total. The molecule has 20 heavy (non-hydrogen) atoms. The Morgan fingerprint density at radius 3 is 2.75 bits per heavy atom. The van der Waals surface area contributed by atoms with Crippen LogP contribution in [0.4, 0.5) is 11.4 Å². The highest BCUT2D eigenvalue weighted by Gasteiger charge is 2.19. The van der Waals surface area contributed by atoms with Crippen LogP contribution in [0.25, 0.3) is 0 Å². The molecule has 0 unspecified atom stereocenters. The lowest BCUT2D eigenvalue weighted by Gasteiger charge is -2.21. The van der Waals surface area contributed by atoms with Crippen LogP contribution in [0.2, 0.25) is 0 Å². The monoisotopic (exact) mass is 273 g/mol. The van der Waals surface area contributed by atoms with E-state index in [2.05, 4.69) is 5.32 Å². The third kappa shape index (κ3) is 3.47. The van der Waals surface area contributed by atoms with E-state index in [0.717, 1.165) is 18.9 Å². The molecule has 1 aromatic rings. The van der Waals surface area contributed by atoms with Crippen molar-refractivity contribution in [3.05, 3.63) is 33.9 Å². The van der Waals surface area contributed by atoms with Gasteiger partial charge >= 0.3 is 5.69 Å².